The minimum absolute atomic E-state index is 0.0442. The average Bonchev–Trinajstić information content (AvgIpc) is 2.49. The average molecular weight is 280 g/mol. The fraction of sp³-hybridized carbons (Fsp3) is 0.533. The van der Waals surface area contributed by atoms with Crippen molar-refractivity contribution in [3.8, 4) is 11.5 Å². The molecule has 0 aromatic heterocycles. The van der Waals surface area contributed by atoms with Crippen LogP contribution in [0.25, 0.3) is 0 Å². The van der Waals surface area contributed by atoms with Gasteiger partial charge in [0.25, 0.3) is 5.91 Å². The molecule has 0 atom stereocenters. The summed E-state index contributed by atoms with van der Waals surface area (Å²) in [5.74, 6) is 1.16. The number of amides is 1. The molecule has 0 saturated heterocycles. The molecule has 0 bridgehead atoms. The lowest BCUT2D eigenvalue weighted by molar-refractivity contribution is 0.0789. The Labute approximate surface area is 120 Å². The summed E-state index contributed by atoms with van der Waals surface area (Å²) in [6.07, 6.45) is 2.99. The van der Waals surface area contributed by atoms with Crippen molar-refractivity contribution in [2.45, 2.75) is 19.3 Å². The summed E-state index contributed by atoms with van der Waals surface area (Å²) >= 11 is 0. The first-order valence-corrected chi connectivity index (χ1v) is 6.81. The zero-order valence-corrected chi connectivity index (χ0v) is 12.5. The summed E-state index contributed by atoms with van der Waals surface area (Å²) in [6, 6.07) is 5.21. The first kappa shape index (κ1) is 16.3. The number of nitrogens with two attached hydrogens (primary N) is 1. The van der Waals surface area contributed by atoms with Gasteiger partial charge in [-0.3, -0.25) is 4.79 Å². The van der Waals surface area contributed by atoms with Crippen LogP contribution in [0, 0.1) is 0 Å². The molecule has 0 spiro atoms. The van der Waals surface area contributed by atoms with Crippen LogP contribution in [0.3, 0.4) is 0 Å². The Morgan fingerprint density at radius 3 is 2.55 bits per heavy atom. The second-order valence-corrected chi connectivity index (χ2v) is 4.64. The van der Waals surface area contributed by atoms with Crippen molar-refractivity contribution in [1.82, 2.24) is 4.90 Å². The Kier molecular flexibility index (Phi) is 6.87. The van der Waals surface area contributed by atoms with E-state index in [-0.39, 0.29) is 5.91 Å². The van der Waals surface area contributed by atoms with Crippen LogP contribution >= 0.6 is 0 Å². The van der Waals surface area contributed by atoms with Crippen LogP contribution in [0.5, 0.6) is 11.5 Å². The number of hydrogen-bond donors (Lipinski definition) is 1. The van der Waals surface area contributed by atoms with Crippen LogP contribution in [-0.2, 0) is 0 Å². The standard InChI is InChI=1S/C15H24N2O3/c1-17(10-6-4-5-9-16)15(18)13-8-7-12(19-2)11-14(13)20-3/h7-8,11H,4-6,9-10,16H2,1-3H3. The number of ether oxygens (including phenoxy) is 2. The van der Waals surface area contributed by atoms with Crippen LogP contribution in [0.15, 0.2) is 18.2 Å². The predicted molar refractivity (Wildman–Crippen MR) is 79.4 cm³/mol. The largest absolute Gasteiger partial charge is 0.497 e. The lowest BCUT2D eigenvalue weighted by Gasteiger charge is -2.19. The number of nitrogens with zero attached hydrogens (tertiary/aromatic N) is 1. The predicted octanol–water partition coefficient (Wildman–Crippen LogP) is 1.90. The van der Waals surface area contributed by atoms with Gasteiger partial charge in [-0.2, -0.15) is 0 Å². The second-order valence-electron chi connectivity index (χ2n) is 4.64. The number of benzene rings is 1. The third kappa shape index (κ3) is 4.42. The van der Waals surface area contributed by atoms with Gasteiger partial charge in [-0.05, 0) is 31.5 Å². The van der Waals surface area contributed by atoms with E-state index in [9.17, 15) is 4.79 Å². The van der Waals surface area contributed by atoms with Crippen LogP contribution in [0.4, 0.5) is 0 Å². The van der Waals surface area contributed by atoms with Crippen molar-refractivity contribution in [2.24, 2.45) is 5.73 Å². The summed E-state index contributed by atoms with van der Waals surface area (Å²) in [5, 5.41) is 0. The first-order valence-electron chi connectivity index (χ1n) is 6.81. The molecule has 0 aliphatic carbocycles. The van der Waals surface area contributed by atoms with Crippen molar-refractivity contribution >= 4 is 5.91 Å². The van der Waals surface area contributed by atoms with Crippen LogP contribution in [0.2, 0.25) is 0 Å². The molecule has 2 N–H and O–H groups in total. The summed E-state index contributed by atoms with van der Waals surface area (Å²) in [5.41, 5.74) is 6.00. The SMILES string of the molecule is COc1ccc(C(=O)N(C)CCCCCN)c(OC)c1. The van der Waals surface area contributed by atoms with Crippen LogP contribution in [-0.4, -0.2) is 45.2 Å². The third-order valence-corrected chi connectivity index (χ3v) is 3.18. The van der Waals surface area contributed by atoms with Gasteiger partial charge in [0.05, 0.1) is 19.8 Å². The van der Waals surface area contributed by atoms with E-state index in [1.165, 1.54) is 0 Å². The van der Waals surface area contributed by atoms with E-state index in [0.717, 1.165) is 19.3 Å². The Balaban J connectivity index is 2.70. The molecule has 1 rings (SSSR count). The first-order chi connectivity index (χ1) is 9.63. The van der Waals surface area contributed by atoms with Gasteiger partial charge >= 0.3 is 0 Å². The maximum absolute atomic E-state index is 12.4. The van der Waals surface area contributed by atoms with E-state index in [1.807, 2.05) is 0 Å². The topological polar surface area (TPSA) is 64.8 Å². The molecule has 1 aromatic rings. The zero-order chi connectivity index (χ0) is 15.0. The van der Waals surface area contributed by atoms with Gasteiger partial charge in [0.15, 0.2) is 0 Å². The van der Waals surface area contributed by atoms with Crippen LogP contribution < -0.4 is 15.2 Å². The summed E-state index contributed by atoms with van der Waals surface area (Å²) in [4.78, 5) is 14.1. The molecule has 1 amide bonds. The van der Waals surface area contributed by atoms with Crippen molar-refractivity contribution in [1.29, 1.82) is 0 Å². The van der Waals surface area contributed by atoms with Gasteiger partial charge in [0, 0.05) is 19.7 Å². The lowest BCUT2D eigenvalue weighted by atomic mass is 10.1. The monoisotopic (exact) mass is 280 g/mol. The molecule has 0 saturated carbocycles. The molecule has 0 fully saturated rings. The molecule has 5 nitrogen and oxygen atoms in total. The van der Waals surface area contributed by atoms with Gasteiger partial charge in [0.2, 0.25) is 0 Å². The fourth-order valence-corrected chi connectivity index (χ4v) is 1.95. The highest BCUT2D eigenvalue weighted by Gasteiger charge is 2.16. The number of carbonyl (C=O) groups excluding carboxylic acids is 1. The van der Waals surface area contributed by atoms with Gasteiger partial charge in [-0.1, -0.05) is 6.42 Å². The minimum Gasteiger partial charge on any atom is -0.497 e. The number of carbonyl (C=O) groups is 1. The Hall–Kier alpha value is -1.75. The third-order valence-electron chi connectivity index (χ3n) is 3.18. The van der Waals surface area contributed by atoms with Crippen molar-refractivity contribution in [3.63, 3.8) is 0 Å². The van der Waals surface area contributed by atoms with E-state index >= 15 is 0 Å². The van der Waals surface area contributed by atoms with E-state index in [4.69, 9.17) is 15.2 Å². The molecule has 0 radical (unpaired) electrons. The second kappa shape index (κ2) is 8.43. The smallest absolute Gasteiger partial charge is 0.257 e. The maximum atomic E-state index is 12.4. The zero-order valence-electron chi connectivity index (χ0n) is 12.5. The van der Waals surface area contributed by atoms with Gasteiger partial charge in [-0.25, -0.2) is 0 Å². The van der Waals surface area contributed by atoms with Gasteiger partial charge in [-0.15, -0.1) is 0 Å². The Bertz CT molecular complexity index is 435. The molecule has 0 aliphatic heterocycles. The highest BCUT2D eigenvalue weighted by atomic mass is 16.5. The Morgan fingerprint density at radius 2 is 1.95 bits per heavy atom. The van der Waals surface area contributed by atoms with E-state index < -0.39 is 0 Å². The minimum atomic E-state index is -0.0442. The number of methoxy groups -OCH3 is 2. The molecule has 20 heavy (non-hydrogen) atoms. The van der Waals surface area contributed by atoms with E-state index in [1.54, 1.807) is 44.4 Å². The molecule has 0 unspecified atom stereocenters. The van der Waals surface area contributed by atoms with E-state index in [0.29, 0.717) is 30.2 Å². The van der Waals surface area contributed by atoms with Crippen LogP contribution in [0.1, 0.15) is 29.6 Å². The Morgan fingerprint density at radius 1 is 1.20 bits per heavy atom. The summed E-state index contributed by atoms with van der Waals surface area (Å²) < 4.78 is 10.4. The molecular weight excluding hydrogens is 256 g/mol. The van der Waals surface area contributed by atoms with Crippen molar-refractivity contribution < 1.29 is 14.3 Å². The highest BCUT2D eigenvalue weighted by Crippen LogP contribution is 2.25. The summed E-state index contributed by atoms with van der Waals surface area (Å²) in [7, 11) is 4.93. The normalized spacial score (nSPS) is 10.2. The lowest BCUT2D eigenvalue weighted by Crippen LogP contribution is -2.28. The van der Waals surface area contributed by atoms with Crippen molar-refractivity contribution in [3.05, 3.63) is 23.8 Å². The fourth-order valence-electron chi connectivity index (χ4n) is 1.95. The van der Waals surface area contributed by atoms with Crippen molar-refractivity contribution in [2.75, 3.05) is 34.4 Å². The number of rotatable bonds is 8. The van der Waals surface area contributed by atoms with Gasteiger partial charge < -0.3 is 20.1 Å². The molecule has 0 heterocycles. The number of hydrogen-bond acceptors (Lipinski definition) is 4. The van der Waals surface area contributed by atoms with E-state index in [2.05, 4.69) is 0 Å². The molecule has 5 heteroatoms. The molecule has 112 valence electrons. The quantitative estimate of drug-likeness (QED) is 0.739. The number of unbranched alkanes of at least 4 members (excludes halogenated alkanes) is 2. The molecule has 0 aliphatic rings. The maximum Gasteiger partial charge on any atom is 0.257 e. The highest BCUT2D eigenvalue weighted by molar-refractivity contribution is 5.97. The molecule has 1 aromatic carbocycles. The summed E-state index contributed by atoms with van der Waals surface area (Å²) in [6.45, 7) is 1.41. The van der Waals surface area contributed by atoms with Gasteiger partial charge in [0.1, 0.15) is 11.5 Å². The molecular formula is C15H24N2O3.